The number of sulfone groups is 1. The number of unbranched alkanes of at least 4 members (excludes halogenated alkanes) is 2. The Labute approximate surface area is 118 Å². The van der Waals surface area contributed by atoms with Gasteiger partial charge in [0, 0.05) is 16.7 Å². The number of para-hydroxylation sites is 1. The van der Waals surface area contributed by atoms with E-state index in [9.17, 15) is 8.42 Å². The summed E-state index contributed by atoms with van der Waals surface area (Å²) in [6, 6.07) is 7.70. The Bertz CT molecular complexity index is 460. The van der Waals surface area contributed by atoms with E-state index in [1.54, 1.807) is 0 Å². The largest absolute Gasteiger partial charge is 0.383 e. The molecule has 102 valence electrons. The minimum Gasteiger partial charge on any atom is -0.383 e. The van der Waals surface area contributed by atoms with Gasteiger partial charge >= 0.3 is 0 Å². The summed E-state index contributed by atoms with van der Waals surface area (Å²) in [7, 11) is -2.91. The molecule has 0 heterocycles. The molecule has 0 aliphatic rings. The van der Waals surface area contributed by atoms with Gasteiger partial charge in [-0.1, -0.05) is 31.9 Å². The average Bonchev–Trinajstić information content (AvgIpc) is 2.32. The van der Waals surface area contributed by atoms with Crippen LogP contribution in [0.25, 0.3) is 0 Å². The van der Waals surface area contributed by atoms with Crippen molar-refractivity contribution in [3.63, 3.8) is 0 Å². The third kappa shape index (κ3) is 5.87. The van der Waals surface area contributed by atoms with Crippen LogP contribution in [0.15, 0.2) is 28.7 Å². The van der Waals surface area contributed by atoms with Crippen LogP contribution < -0.4 is 5.32 Å². The minimum atomic E-state index is -2.91. The van der Waals surface area contributed by atoms with Gasteiger partial charge in [-0.25, -0.2) is 8.42 Å². The Morgan fingerprint density at radius 2 is 1.89 bits per heavy atom. The number of hydrogen-bond acceptors (Lipinski definition) is 3. The molecule has 1 aromatic carbocycles. The molecule has 0 aliphatic heterocycles. The van der Waals surface area contributed by atoms with Crippen LogP contribution in [-0.2, 0) is 9.84 Å². The van der Waals surface area contributed by atoms with Crippen molar-refractivity contribution in [2.75, 3.05) is 23.4 Å². The molecule has 0 radical (unpaired) electrons. The van der Waals surface area contributed by atoms with E-state index in [0.29, 0.717) is 12.3 Å². The van der Waals surface area contributed by atoms with Gasteiger partial charge in [-0.05, 0) is 34.5 Å². The van der Waals surface area contributed by atoms with E-state index < -0.39 is 9.84 Å². The summed E-state index contributed by atoms with van der Waals surface area (Å²) in [5.41, 5.74) is 0.932. The van der Waals surface area contributed by atoms with Crippen molar-refractivity contribution in [3.05, 3.63) is 28.7 Å². The highest BCUT2D eigenvalue weighted by Gasteiger charge is 2.09. The van der Waals surface area contributed by atoms with Crippen LogP contribution in [0.4, 0.5) is 5.69 Å². The molecule has 1 aromatic rings. The molecule has 0 amide bonds. The summed E-state index contributed by atoms with van der Waals surface area (Å²) in [6.45, 7) is 2.53. The molecule has 0 aromatic heterocycles. The van der Waals surface area contributed by atoms with Crippen LogP contribution in [0.5, 0.6) is 0 Å². The molecule has 0 atom stereocenters. The summed E-state index contributed by atoms with van der Waals surface area (Å²) in [5, 5.41) is 3.13. The SMILES string of the molecule is CCCCCS(=O)(=O)CCNc1ccccc1Br. The number of nitrogens with one attached hydrogen (secondary N) is 1. The molecule has 0 aliphatic carbocycles. The smallest absolute Gasteiger partial charge is 0.152 e. The molecule has 1 rings (SSSR count). The molecule has 0 saturated carbocycles. The zero-order valence-corrected chi connectivity index (χ0v) is 13.1. The normalized spacial score (nSPS) is 11.4. The first-order valence-corrected chi connectivity index (χ1v) is 8.85. The first kappa shape index (κ1) is 15.5. The van der Waals surface area contributed by atoms with E-state index in [0.717, 1.165) is 29.4 Å². The van der Waals surface area contributed by atoms with Gasteiger partial charge in [0.25, 0.3) is 0 Å². The van der Waals surface area contributed by atoms with Gasteiger partial charge in [0.2, 0.25) is 0 Å². The highest BCUT2D eigenvalue weighted by molar-refractivity contribution is 9.10. The highest BCUT2D eigenvalue weighted by atomic mass is 79.9. The maximum Gasteiger partial charge on any atom is 0.152 e. The lowest BCUT2D eigenvalue weighted by Gasteiger charge is -2.08. The van der Waals surface area contributed by atoms with Crippen LogP contribution in [0.1, 0.15) is 26.2 Å². The monoisotopic (exact) mass is 333 g/mol. The van der Waals surface area contributed by atoms with Crippen LogP contribution in [0.2, 0.25) is 0 Å². The summed E-state index contributed by atoms with van der Waals surface area (Å²) < 4.78 is 24.4. The average molecular weight is 334 g/mol. The zero-order valence-electron chi connectivity index (χ0n) is 10.7. The fourth-order valence-electron chi connectivity index (χ4n) is 1.62. The zero-order chi connectivity index (χ0) is 13.4. The molecule has 0 fully saturated rings. The maximum atomic E-state index is 11.7. The topological polar surface area (TPSA) is 46.2 Å². The number of hydrogen-bond donors (Lipinski definition) is 1. The third-order valence-electron chi connectivity index (χ3n) is 2.66. The molecule has 0 saturated heterocycles. The lowest BCUT2D eigenvalue weighted by molar-refractivity contribution is 0.591. The second-order valence-electron chi connectivity index (χ2n) is 4.27. The fraction of sp³-hybridized carbons (Fsp3) is 0.538. The number of halogens is 1. The Morgan fingerprint density at radius 1 is 1.17 bits per heavy atom. The molecule has 3 nitrogen and oxygen atoms in total. The molecule has 0 spiro atoms. The van der Waals surface area contributed by atoms with Gasteiger partial charge in [0.15, 0.2) is 9.84 Å². The van der Waals surface area contributed by atoms with E-state index in [-0.39, 0.29) is 5.75 Å². The van der Waals surface area contributed by atoms with Gasteiger partial charge < -0.3 is 5.32 Å². The van der Waals surface area contributed by atoms with E-state index in [1.807, 2.05) is 24.3 Å². The quantitative estimate of drug-likeness (QED) is 0.741. The summed E-state index contributed by atoms with van der Waals surface area (Å²) >= 11 is 3.42. The van der Waals surface area contributed by atoms with Crippen molar-refractivity contribution in [2.24, 2.45) is 0 Å². The van der Waals surface area contributed by atoms with Crippen molar-refractivity contribution < 1.29 is 8.42 Å². The van der Waals surface area contributed by atoms with Crippen LogP contribution in [-0.4, -0.2) is 26.5 Å². The minimum absolute atomic E-state index is 0.193. The fourth-order valence-corrected chi connectivity index (χ4v) is 3.31. The predicted octanol–water partition coefficient (Wildman–Crippen LogP) is 3.47. The highest BCUT2D eigenvalue weighted by Crippen LogP contribution is 2.20. The molecular formula is C13H20BrNO2S. The van der Waals surface area contributed by atoms with E-state index in [2.05, 4.69) is 28.2 Å². The Hall–Kier alpha value is -0.550. The van der Waals surface area contributed by atoms with E-state index in [1.165, 1.54) is 0 Å². The Morgan fingerprint density at radius 3 is 2.56 bits per heavy atom. The van der Waals surface area contributed by atoms with Gasteiger partial charge in [-0.15, -0.1) is 0 Å². The Balaban J connectivity index is 2.35. The van der Waals surface area contributed by atoms with Gasteiger partial charge in [0.05, 0.1) is 11.5 Å². The summed E-state index contributed by atoms with van der Waals surface area (Å²) in [4.78, 5) is 0. The van der Waals surface area contributed by atoms with Gasteiger partial charge in [-0.2, -0.15) is 0 Å². The van der Waals surface area contributed by atoms with Gasteiger partial charge in [0.1, 0.15) is 0 Å². The number of rotatable bonds is 8. The molecule has 5 heteroatoms. The lowest BCUT2D eigenvalue weighted by atomic mass is 10.3. The molecule has 18 heavy (non-hydrogen) atoms. The van der Waals surface area contributed by atoms with Crippen LogP contribution >= 0.6 is 15.9 Å². The number of benzene rings is 1. The van der Waals surface area contributed by atoms with Crippen LogP contribution in [0.3, 0.4) is 0 Å². The van der Waals surface area contributed by atoms with Crippen molar-refractivity contribution in [3.8, 4) is 0 Å². The summed E-state index contributed by atoms with van der Waals surface area (Å²) in [5.74, 6) is 0.497. The lowest BCUT2D eigenvalue weighted by Crippen LogP contribution is -2.18. The molecule has 0 unspecified atom stereocenters. The van der Waals surface area contributed by atoms with Crippen molar-refractivity contribution in [1.82, 2.24) is 0 Å². The first-order valence-electron chi connectivity index (χ1n) is 6.24. The van der Waals surface area contributed by atoms with Crippen molar-refractivity contribution in [1.29, 1.82) is 0 Å². The summed E-state index contributed by atoms with van der Waals surface area (Å²) in [6.07, 6.45) is 2.80. The van der Waals surface area contributed by atoms with Crippen molar-refractivity contribution >= 4 is 31.5 Å². The van der Waals surface area contributed by atoms with Gasteiger partial charge in [-0.3, -0.25) is 0 Å². The van der Waals surface area contributed by atoms with Crippen molar-refractivity contribution in [2.45, 2.75) is 26.2 Å². The number of anilines is 1. The predicted molar refractivity (Wildman–Crippen MR) is 80.8 cm³/mol. The molecule has 0 bridgehead atoms. The van der Waals surface area contributed by atoms with Crippen LogP contribution in [0, 0.1) is 0 Å². The van der Waals surface area contributed by atoms with E-state index >= 15 is 0 Å². The Kier molecular flexibility index (Phi) is 6.71. The molecule has 1 N–H and O–H groups in total. The third-order valence-corrected chi connectivity index (χ3v) is 5.09. The standard InChI is InChI=1S/C13H20BrNO2S/c1-2-3-6-10-18(16,17)11-9-15-13-8-5-4-7-12(13)14/h4-5,7-8,15H,2-3,6,9-11H2,1H3. The second kappa shape index (κ2) is 7.79. The molecular weight excluding hydrogens is 314 g/mol. The van der Waals surface area contributed by atoms with E-state index in [4.69, 9.17) is 0 Å². The maximum absolute atomic E-state index is 11.7. The second-order valence-corrected chi connectivity index (χ2v) is 7.42. The first-order chi connectivity index (χ1) is 8.55.